The van der Waals surface area contributed by atoms with Crippen molar-refractivity contribution in [2.45, 2.75) is 32.6 Å². The topological polar surface area (TPSA) is 83.6 Å². The van der Waals surface area contributed by atoms with Gasteiger partial charge < -0.3 is 10.1 Å². The third-order valence-corrected chi connectivity index (χ3v) is 6.48. The van der Waals surface area contributed by atoms with Crippen LogP contribution in [0.5, 0.6) is 0 Å². The van der Waals surface area contributed by atoms with Gasteiger partial charge in [0.25, 0.3) is 11.8 Å². The number of carbonyl (C=O) groups excluding carboxylic acids is 2. The van der Waals surface area contributed by atoms with E-state index >= 15 is 0 Å². The number of anilines is 2. The molecular formula is C22H24N4O3S2. The lowest BCUT2D eigenvalue weighted by Crippen LogP contribution is -2.44. The summed E-state index contributed by atoms with van der Waals surface area (Å²) in [4.78, 5) is 32.2. The number of thiophene rings is 1. The van der Waals surface area contributed by atoms with Crippen LogP contribution in [-0.4, -0.2) is 47.0 Å². The normalized spacial score (nSPS) is 19.2. The molecule has 2 N–H and O–H groups in total. The molecule has 2 atom stereocenters. The second-order valence-electron chi connectivity index (χ2n) is 7.56. The SMILES string of the molecule is C[C@@H]1CN(Cc2csc(NC(=O)c3ccc(NC(=O)c4cccs4)cc3)n2)C[C@@H](C)O1. The van der Waals surface area contributed by atoms with Gasteiger partial charge in [0, 0.05) is 36.3 Å². The van der Waals surface area contributed by atoms with Crippen LogP contribution in [0.3, 0.4) is 0 Å². The molecule has 0 aliphatic carbocycles. The predicted octanol–water partition coefficient (Wildman–Crippen LogP) is 4.32. The van der Waals surface area contributed by atoms with Crippen molar-refractivity contribution in [3.63, 3.8) is 0 Å². The van der Waals surface area contributed by atoms with Gasteiger partial charge in [-0.25, -0.2) is 4.98 Å². The van der Waals surface area contributed by atoms with Gasteiger partial charge in [-0.05, 0) is 49.6 Å². The highest BCUT2D eigenvalue weighted by molar-refractivity contribution is 7.14. The average Bonchev–Trinajstić information content (AvgIpc) is 3.40. The number of rotatable bonds is 6. The molecule has 0 spiro atoms. The zero-order chi connectivity index (χ0) is 21.8. The van der Waals surface area contributed by atoms with Crippen molar-refractivity contribution < 1.29 is 14.3 Å². The summed E-state index contributed by atoms with van der Waals surface area (Å²) in [7, 11) is 0. The Morgan fingerprint density at radius 3 is 2.48 bits per heavy atom. The highest BCUT2D eigenvalue weighted by Gasteiger charge is 2.23. The number of aromatic nitrogens is 1. The lowest BCUT2D eigenvalue weighted by molar-refractivity contribution is -0.0707. The van der Waals surface area contributed by atoms with Crippen LogP contribution in [0, 0.1) is 0 Å². The Hall–Kier alpha value is -2.59. The van der Waals surface area contributed by atoms with Crippen molar-refractivity contribution in [3.05, 3.63) is 63.3 Å². The molecular weight excluding hydrogens is 432 g/mol. The maximum atomic E-state index is 12.6. The van der Waals surface area contributed by atoms with Gasteiger partial charge in [0.05, 0.1) is 22.8 Å². The molecule has 3 heterocycles. The fourth-order valence-corrected chi connectivity index (χ4v) is 4.87. The van der Waals surface area contributed by atoms with Crippen LogP contribution in [-0.2, 0) is 11.3 Å². The minimum absolute atomic E-state index is 0.161. The Morgan fingerprint density at radius 1 is 1.06 bits per heavy atom. The summed E-state index contributed by atoms with van der Waals surface area (Å²) in [6.45, 7) is 6.64. The maximum absolute atomic E-state index is 12.6. The van der Waals surface area contributed by atoms with Gasteiger partial charge in [0.2, 0.25) is 0 Å². The van der Waals surface area contributed by atoms with Crippen LogP contribution in [0.2, 0.25) is 0 Å². The molecule has 9 heteroatoms. The third kappa shape index (κ3) is 5.76. The number of amides is 2. The Labute approximate surface area is 189 Å². The molecule has 4 rings (SSSR count). The van der Waals surface area contributed by atoms with E-state index in [1.807, 2.05) is 16.8 Å². The fraction of sp³-hybridized carbons (Fsp3) is 0.318. The van der Waals surface area contributed by atoms with E-state index in [2.05, 4.69) is 34.4 Å². The molecule has 2 amide bonds. The molecule has 31 heavy (non-hydrogen) atoms. The van der Waals surface area contributed by atoms with Gasteiger partial charge >= 0.3 is 0 Å². The lowest BCUT2D eigenvalue weighted by Gasteiger charge is -2.34. The van der Waals surface area contributed by atoms with E-state index in [1.165, 1.54) is 22.7 Å². The third-order valence-electron chi connectivity index (χ3n) is 4.80. The molecule has 1 aromatic carbocycles. The molecule has 0 radical (unpaired) electrons. The summed E-state index contributed by atoms with van der Waals surface area (Å²) in [5.41, 5.74) is 2.08. The number of morpholine rings is 1. The maximum Gasteiger partial charge on any atom is 0.265 e. The highest BCUT2D eigenvalue weighted by atomic mass is 32.1. The minimum atomic E-state index is -0.231. The number of benzene rings is 1. The molecule has 0 saturated carbocycles. The minimum Gasteiger partial charge on any atom is -0.373 e. The molecule has 0 bridgehead atoms. The van der Waals surface area contributed by atoms with Crippen LogP contribution in [0.1, 0.15) is 39.6 Å². The van der Waals surface area contributed by atoms with Crippen LogP contribution >= 0.6 is 22.7 Å². The summed E-state index contributed by atoms with van der Waals surface area (Å²) < 4.78 is 5.77. The number of nitrogens with zero attached hydrogens (tertiary/aromatic N) is 2. The van der Waals surface area contributed by atoms with E-state index < -0.39 is 0 Å². The average molecular weight is 457 g/mol. The van der Waals surface area contributed by atoms with Crippen LogP contribution in [0.4, 0.5) is 10.8 Å². The summed E-state index contributed by atoms with van der Waals surface area (Å²) in [6, 6.07) is 10.4. The molecule has 3 aromatic rings. The van der Waals surface area contributed by atoms with Gasteiger partial charge in [-0.15, -0.1) is 22.7 Å². The first-order valence-corrected chi connectivity index (χ1v) is 11.8. The van der Waals surface area contributed by atoms with Gasteiger partial charge in [-0.2, -0.15) is 0 Å². The first kappa shape index (κ1) is 21.6. The zero-order valence-electron chi connectivity index (χ0n) is 17.3. The van der Waals surface area contributed by atoms with Gasteiger partial charge in [0.1, 0.15) is 0 Å². The van der Waals surface area contributed by atoms with E-state index in [1.54, 1.807) is 30.3 Å². The monoisotopic (exact) mass is 456 g/mol. The first-order valence-electron chi connectivity index (χ1n) is 10.0. The number of carbonyl (C=O) groups is 2. The first-order chi connectivity index (χ1) is 15.0. The van der Waals surface area contributed by atoms with Crippen LogP contribution in [0.15, 0.2) is 47.2 Å². The standard InChI is InChI=1S/C22H24N4O3S2/c1-14-10-26(11-15(2)29-14)12-18-13-31-22(24-18)25-20(27)16-5-7-17(8-6-16)23-21(28)19-4-3-9-30-19/h3-9,13-15H,10-12H2,1-2H3,(H,23,28)(H,24,25,27)/t14-,15-/m1/s1. The second kappa shape index (κ2) is 9.69. The molecule has 1 fully saturated rings. The van der Waals surface area contributed by atoms with Crippen molar-refractivity contribution in [2.24, 2.45) is 0 Å². The zero-order valence-corrected chi connectivity index (χ0v) is 19.0. The van der Waals surface area contributed by atoms with Crippen molar-refractivity contribution in [2.75, 3.05) is 23.7 Å². The van der Waals surface area contributed by atoms with E-state index in [0.29, 0.717) is 21.3 Å². The number of hydrogen-bond acceptors (Lipinski definition) is 7. The number of thiazole rings is 1. The van der Waals surface area contributed by atoms with Gasteiger partial charge in [-0.3, -0.25) is 19.8 Å². The Morgan fingerprint density at radius 2 is 1.81 bits per heavy atom. The summed E-state index contributed by atoms with van der Waals surface area (Å²) in [5.74, 6) is -0.391. The molecule has 0 unspecified atom stereocenters. The molecule has 1 aliphatic heterocycles. The van der Waals surface area contributed by atoms with Crippen LogP contribution < -0.4 is 10.6 Å². The lowest BCUT2D eigenvalue weighted by atomic mass is 10.2. The van der Waals surface area contributed by atoms with E-state index in [9.17, 15) is 9.59 Å². The van der Waals surface area contributed by atoms with E-state index in [0.717, 1.165) is 25.3 Å². The molecule has 7 nitrogen and oxygen atoms in total. The summed E-state index contributed by atoms with van der Waals surface area (Å²) >= 11 is 2.80. The Balaban J connectivity index is 1.32. The second-order valence-corrected chi connectivity index (χ2v) is 9.36. The molecule has 1 aliphatic rings. The largest absolute Gasteiger partial charge is 0.373 e. The van der Waals surface area contributed by atoms with Gasteiger partial charge in [0.15, 0.2) is 5.13 Å². The Bertz CT molecular complexity index is 1020. The van der Waals surface area contributed by atoms with Gasteiger partial charge in [-0.1, -0.05) is 6.07 Å². The predicted molar refractivity (Wildman–Crippen MR) is 124 cm³/mol. The summed E-state index contributed by atoms with van der Waals surface area (Å²) in [5, 5.41) is 10.1. The van der Waals surface area contributed by atoms with Crippen molar-refractivity contribution in [3.8, 4) is 0 Å². The number of nitrogens with one attached hydrogen (secondary N) is 2. The molecule has 2 aromatic heterocycles. The van der Waals surface area contributed by atoms with E-state index in [-0.39, 0.29) is 24.0 Å². The number of hydrogen-bond donors (Lipinski definition) is 2. The quantitative estimate of drug-likeness (QED) is 0.577. The highest BCUT2D eigenvalue weighted by Crippen LogP contribution is 2.20. The summed E-state index contributed by atoms with van der Waals surface area (Å²) in [6.07, 6.45) is 0.416. The van der Waals surface area contributed by atoms with E-state index in [4.69, 9.17) is 4.74 Å². The van der Waals surface area contributed by atoms with Crippen molar-refractivity contribution in [1.82, 2.24) is 9.88 Å². The smallest absolute Gasteiger partial charge is 0.265 e. The van der Waals surface area contributed by atoms with Crippen molar-refractivity contribution in [1.29, 1.82) is 0 Å². The number of ether oxygens (including phenoxy) is 1. The Kier molecular flexibility index (Phi) is 6.77. The molecule has 162 valence electrons. The molecule has 1 saturated heterocycles. The fourth-order valence-electron chi connectivity index (χ4n) is 3.55. The van der Waals surface area contributed by atoms with Crippen LogP contribution in [0.25, 0.3) is 0 Å². The van der Waals surface area contributed by atoms with Crippen molar-refractivity contribution >= 4 is 45.3 Å².